The Hall–Kier alpha value is -1.57. The third-order valence-electron chi connectivity index (χ3n) is 3.93. The van der Waals surface area contributed by atoms with Crippen molar-refractivity contribution in [2.75, 3.05) is 13.1 Å². The van der Waals surface area contributed by atoms with Gasteiger partial charge in [0.15, 0.2) is 0 Å². The molecule has 1 N–H and O–H groups in total. The van der Waals surface area contributed by atoms with Crippen molar-refractivity contribution in [1.82, 2.24) is 10.2 Å². The van der Waals surface area contributed by atoms with Crippen molar-refractivity contribution < 1.29 is 9.59 Å². The highest BCUT2D eigenvalue weighted by atomic mass is 16.2. The van der Waals surface area contributed by atoms with Crippen LogP contribution in [0.1, 0.15) is 65.2 Å². The first-order valence-electron chi connectivity index (χ1n) is 8.07. The number of nitrogens with one attached hydrogen (secondary N) is 1. The fourth-order valence-corrected chi connectivity index (χ4v) is 2.58. The Morgan fingerprint density at radius 1 is 1.19 bits per heavy atom. The molecule has 0 aromatic rings. The average Bonchev–Trinajstić information content (AvgIpc) is 2.42. The molecule has 1 aliphatic rings. The van der Waals surface area contributed by atoms with Gasteiger partial charge in [0, 0.05) is 25.9 Å². The molecule has 0 heterocycles. The molecule has 5 heteroatoms. The van der Waals surface area contributed by atoms with E-state index in [0.29, 0.717) is 19.3 Å². The number of nitriles is 1. The van der Waals surface area contributed by atoms with Crippen LogP contribution in [0.3, 0.4) is 0 Å². The molecule has 1 saturated carbocycles. The maximum Gasteiger partial charge on any atom is 0.222 e. The van der Waals surface area contributed by atoms with E-state index in [1.807, 2.05) is 4.90 Å². The van der Waals surface area contributed by atoms with Gasteiger partial charge in [0.05, 0.1) is 6.07 Å². The van der Waals surface area contributed by atoms with Gasteiger partial charge in [-0.2, -0.15) is 5.26 Å². The highest BCUT2D eigenvalue weighted by Crippen LogP contribution is 2.30. The first kappa shape index (κ1) is 17.5. The van der Waals surface area contributed by atoms with Gasteiger partial charge in [-0.3, -0.25) is 9.59 Å². The summed E-state index contributed by atoms with van der Waals surface area (Å²) in [7, 11) is 0. The smallest absolute Gasteiger partial charge is 0.222 e. The molecule has 0 bridgehead atoms. The molecule has 0 aromatic carbocycles. The zero-order chi connectivity index (χ0) is 15.7. The molecule has 0 radical (unpaired) electrons. The van der Waals surface area contributed by atoms with Crippen molar-refractivity contribution >= 4 is 11.8 Å². The maximum atomic E-state index is 12.1. The summed E-state index contributed by atoms with van der Waals surface area (Å²) in [5.41, 5.74) is -0.627. The fourth-order valence-electron chi connectivity index (χ4n) is 2.58. The van der Waals surface area contributed by atoms with Crippen LogP contribution >= 0.6 is 0 Å². The summed E-state index contributed by atoms with van der Waals surface area (Å²) in [6.45, 7) is 5.69. The predicted octanol–water partition coefficient (Wildman–Crippen LogP) is 2.37. The van der Waals surface area contributed by atoms with Gasteiger partial charge in [0.1, 0.15) is 5.54 Å². The molecule has 0 saturated heterocycles. The molecule has 1 aliphatic carbocycles. The van der Waals surface area contributed by atoms with E-state index in [9.17, 15) is 9.59 Å². The van der Waals surface area contributed by atoms with Crippen LogP contribution in [-0.4, -0.2) is 35.3 Å². The molecule has 5 nitrogen and oxygen atoms in total. The van der Waals surface area contributed by atoms with Gasteiger partial charge >= 0.3 is 0 Å². The predicted molar refractivity (Wildman–Crippen MR) is 81.4 cm³/mol. The minimum atomic E-state index is -0.627. The summed E-state index contributed by atoms with van der Waals surface area (Å²) < 4.78 is 0. The monoisotopic (exact) mass is 293 g/mol. The SMILES string of the molecule is CCCN(CCC)C(=O)CCCC(=O)NC1(C#N)CCC1. The lowest BCUT2D eigenvalue weighted by Gasteiger charge is -2.35. The van der Waals surface area contributed by atoms with E-state index in [2.05, 4.69) is 25.2 Å². The summed E-state index contributed by atoms with van der Waals surface area (Å²) in [6.07, 6.45) is 5.68. The lowest BCUT2D eigenvalue weighted by molar-refractivity contribution is -0.131. The Kier molecular flexibility index (Phi) is 7.21. The van der Waals surface area contributed by atoms with Crippen molar-refractivity contribution in [3.63, 3.8) is 0 Å². The molecule has 0 spiro atoms. The van der Waals surface area contributed by atoms with E-state index in [0.717, 1.165) is 45.2 Å². The fraction of sp³-hybridized carbons (Fsp3) is 0.812. The van der Waals surface area contributed by atoms with Gasteiger partial charge in [0.2, 0.25) is 11.8 Å². The Balaban J connectivity index is 2.27. The summed E-state index contributed by atoms with van der Waals surface area (Å²) >= 11 is 0. The second-order valence-corrected chi connectivity index (χ2v) is 5.83. The summed E-state index contributed by atoms with van der Waals surface area (Å²) in [6, 6.07) is 2.19. The molecule has 1 fully saturated rings. The van der Waals surface area contributed by atoms with Crippen molar-refractivity contribution in [3.05, 3.63) is 0 Å². The first-order chi connectivity index (χ1) is 10.1. The minimum Gasteiger partial charge on any atom is -0.343 e. The van der Waals surface area contributed by atoms with Gasteiger partial charge in [0.25, 0.3) is 0 Å². The Morgan fingerprint density at radius 3 is 2.24 bits per heavy atom. The standard InChI is InChI=1S/C16H27N3O2/c1-3-11-19(12-4-2)15(21)8-5-7-14(20)18-16(13-17)9-6-10-16/h3-12H2,1-2H3,(H,18,20). The van der Waals surface area contributed by atoms with Crippen LogP contribution < -0.4 is 5.32 Å². The van der Waals surface area contributed by atoms with Crippen LogP contribution in [0.2, 0.25) is 0 Å². The first-order valence-corrected chi connectivity index (χ1v) is 8.07. The lowest BCUT2D eigenvalue weighted by atomic mass is 9.78. The van der Waals surface area contributed by atoms with Crippen LogP contribution in [0.25, 0.3) is 0 Å². The van der Waals surface area contributed by atoms with Gasteiger partial charge in [-0.15, -0.1) is 0 Å². The van der Waals surface area contributed by atoms with E-state index in [1.54, 1.807) is 0 Å². The second kappa shape index (κ2) is 8.66. The zero-order valence-electron chi connectivity index (χ0n) is 13.3. The number of nitrogens with zero attached hydrogens (tertiary/aromatic N) is 2. The molecule has 2 amide bonds. The second-order valence-electron chi connectivity index (χ2n) is 5.83. The number of hydrogen-bond acceptors (Lipinski definition) is 3. The van der Waals surface area contributed by atoms with Crippen LogP contribution in [0, 0.1) is 11.3 Å². The average molecular weight is 293 g/mol. The number of rotatable bonds is 9. The summed E-state index contributed by atoms with van der Waals surface area (Å²) in [5, 5.41) is 11.9. The molecular weight excluding hydrogens is 266 g/mol. The van der Waals surface area contributed by atoms with Gasteiger partial charge in [-0.25, -0.2) is 0 Å². The van der Waals surface area contributed by atoms with E-state index in [1.165, 1.54) is 0 Å². The van der Waals surface area contributed by atoms with Crippen LogP contribution in [0.15, 0.2) is 0 Å². The normalized spacial score (nSPS) is 15.7. The maximum absolute atomic E-state index is 12.1. The molecule has 0 unspecified atom stereocenters. The quantitative estimate of drug-likeness (QED) is 0.709. The molecule has 21 heavy (non-hydrogen) atoms. The number of hydrogen-bond donors (Lipinski definition) is 1. The van der Waals surface area contributed by atoms with Crippen LogP contribution in [0.5, 0.6) is 0 Å². The highest BCUT2D eigenvalue weighted by Gasteiger charge is 2.38. The molecule has 0 atom stereocenters. The van der Waals surface area contributed by atoms with Crippen molar-refractivity contribution in [1.29, 1.82) is 5.26 Å². The van der Waals surface area contributed by atoms with Gasteiger partial charge < -0.3 is 10.2 Å². The van der Waals surface area contributed by atoms with Crippen molar-refractivity contribution in [2.24, 2.45) is 0 Å². The third kappa shape index (κ3) is 5.37. The molecule has 118 valence electrons. The van der Waals surface area contributed by atoms with Crippen LogP contribution in [-0.2, 0) is 9.59 Å². The lowest BCUT2D eigenvalue weighted by Crippen LogP contribution is -2.52. The molecular formula is C16H27N3O2. The Labute approximate surface area is 127 Å². The Morgan fingerprint density at radius 2 is 1.81 bits per heavy atom. The van der Waals surface area contributed by atoms with E-state index in [4.69, 9.17) is 5.26 Å². The topological polar surface area (TPSA) is 73.2 Å². The molecule has 0 aromatic heterocycles. The van der Waals surface area contributed by atoms with Crippen molar-refractivity contribution in [3.8, 4) is 6.07 Å². The van der Waals surface area contributed by atoms with Crippen LogP contribution in [0.4, 0.5) is 0 Å². The van der Waals surface area contributed by atoms with Crippen molar-refractivity contribution in [2.45, 2.75) is 70.8 Å². The highest BCUT2D eigenvalue weighted by molar-refractivity contribution is 5.79. The summed E-state index contributed by atoms with van der Waals surface area (Å²) in [5.74, 6) is 0.0201. The Bertz CT molecular complexity index is 391. The largest absolute Gasteiger partial charge is 0.343 e. The van der Waals surface area contributed by atoms with E-state index >= 15 is 0 Å². The number of carbonyl (C=O) groups excluding carboxylic acids is 2. The zero-order valence-corrected chi connectivity index (χ0v) is 13.3. The number of carbonyl (C=O) groups is 2. The summed E-state index contributed by atoms with van der Waals surface area (Å²) in [4.78, 5) is 25.8. The molecule has 1 rings (SSSR count). The molecule has 0 aliphatic heterocycles. The third-order valence-corrected chi connectivity index (χ3v) is 3.93. The number of amides is 2. The van der Waals surface area contributed by atoms with Gasteiger partial charge in [-0.05, 0) is 38.5 Å². The van der Waals surface area contributed by atoms with Gasteiger partial charge in [-0.1, -0.05) is 13.8 Å². The minimum absolute atomic E-state index is 0.110. The van der Waals surface area contributed by atoms with E-state index in [-0.39, 0.29) is 11.8 Å². The van der Waals surface area contributed by atoms with E-state index < -0.39 is 5.54 Å².